The highest BCUT2D eigenvalue weighted by Crippen LogP contribution is 2.38. The first kappa shape index (κ1) is 18.8. The molecule has 1 unspecified atom stereocenters. The predicted molar refractivity (Wildman–Crippen MR) is 106 cm³/mol. The van der Waals surface area contributed by atoms with Crippen molar-refractivity contribution in [2.24, 2.45) is 5.73 Å². The Labute approximate surface area is 165 Å². The number of benzene rings is 1. The number of aromatic amines is 1. The number of hydrogen-bond acceptors (Lipinski definition) is 5. The van der Waals surface area contributed by atoms with E-state index in [0.717, 1.165) is 11.1 Å². The Morgan fingerprint density at radius 3 is 2.86 bits per heavy atom. The van der Waals surface area contributed by atoms with Gasteiger partial charge in [0.2, 0.25) is 0 Å². The van der Waals surface area contributed by atoms with Crippen molar-refractivity contribution in [2.75, 3.05) is 6.54 Å². The van der Waals surface area contributed by atoms with Crippen LogP contribution in [0.2, 0.25) is 0 Å². The van der Waals surface area contributed by atoms with Crippen molar-refractivity contribution in [1.29, 1.82) is 0 Å². The van der Waals surface area contributed by atoms with Crippen LogP contribution in [0.25, 0.3) is 5.57 Å². The fourth-order valence-corrected chi connectivity index (χ4v) is 3.50. The lowest BCUT2D eigenvalue weighted by molar-refractivity contribution is 0.411. The van der Waals surface area contributed by atoms with Crippen LogP contribution in [0.1, 0.15) is 17.8 Å². The van der Waals surface area contributed by atoms with Gasteiger partial charge in [0, 0.05) is 13.0 Å². The molecule has 0 spiro atoms. The van der Waals surface area contributed by atoms with E-state index in [2.05, 4.69) is 20.3 Å². The molecule has 0 saturated heterocycles. The summed E-state index contributed by atoms with van der Waals surface area (Å²) in [6, 6.07) is 9.91. The zero-order valence-electron chi connectivity index (χ0n) is 15.6. The Kier molecular flexibility index (Phi) is 5.05. The molecule has 3 N–H and O–H groups in total. The van der Waals surface area contributed by atoms with Crippen LogP contribution in [0, 0.1) is 0 Å². The van der Waals surface area contributed by atoms with Crippen molar-refractivity contribution in [2.45, 2.75) is 18.5 Å². The van der Waals surface area contributed by atoms with Gasteiger partial charge >= 0.3 is 5.69 Å². The number of hydrogen-bond donors (Lipinski definition) is 2. The summed E-state index contributed by atoms with van der Waals surface area (Å²) < 4.78 is 15.6. The Morgan fingerprint density at radius 1 is 1.34 bits per heavy atom. The SMILES string of the molecule is NC/C(=C/F)Cn1ncn(C2(c3nnc[nH]3)C=CC=C(c3ccccc3)C2)c1=O. The average Bonchev–Trinajstić information content (AvgIpc) is 3.44. The Hall–Kier alpha value is -3.59. The van der Waals surface area contributed by atoms with Crippen LogP contribution in [0.3, 0.4) is 0 Å². The van der Waals surface area contributed by atoms with E-state index in [9.17, 15) is 9.18 Å². The summed E-state index contributed by atoms with van der Waals surface area (Å²) in [6.07, 6.45) is 9.59. The van der Waals surface area contributed by atoms with Gasteiger partial charge in [0.1, 0.15) is 18.2 Å². The standard InChI is InChI=1S/C20H20FN7O/c21-10-15(11-22)12-28-19(29)27(14-25-28)20(18-23-13-24-26-18)8-4-7-17(9-20)16-5-2-1-3-6-16/h1-8,10,13-14H,9,11-12,22H2,(H,23,24,26)/b15-10-. The van der Waals surface area contributed by atoms with Gasteiger partial charge in [0.05, 0.1) is 12.9 Å². The van der Waals surface area contributed by atoms with Crippen molar-refractivity contribution in [3.05, 3.63) is 95.0 Å². The smallest absolute Gasteiger partial charge is 0.329 e. The molecule has 4 rings (SSSR count). The molecule has 0 radical (unpaired) electrons. The first-order valence-electron chi connectivity index (χ1n) is 9.11. The fraction of sp³-hybridized carbons (Fsp3) is 0.200. The van der Waals surface area contributed by atoms with E-state index in [1.165, 1.54) is 21.9 Å². The number of nitrogens with one attached hydrogen (secondary N) is 1. The van der Waals surface area contributed by atoms with Crippen molar-refractivity contribution in [3.63, 3.8) is 0 Å². The molecule has 1 aromatic carbocycles. The molecule has 8 nitrogen and oxygen atoms in total. The molecule has 2 heterocycles. The summed E-state index contributed by atoms with van der Waals surface area (Å²) in [5, 5.41) is 12.3. The zero-order valence-corrected chi connectivity index (χ0v) is 15.6. The largest absolute Gasteiger partial charge is 0.347 e. The van der Waals surface area contributed by atoms with Gasteiger partial charge in [0.15, 0.2) is 5.82 Å². The lowest BCUT2D eigenvalue weighted by atomic mass is 9.83. The summed E-state index contributed by atoms with van der Waals surface area (Å²) >= 11 is 0. The second-order valence-corrected chi connectivity index (χ2v) is 6.77. The maximum absolute atomic E-state index is 13.1. The minimum atomic E-state index is -0.936. The van der Waals surface area contributed by atoms with Crippen LogP contribution in [0.4, 0.5) is 4.39 Å². The van der Waals surface area contributed by atoms with E-state index >= 15 is 0 Å². The minimum absolute atomic E-state index is 0.00381. The lowest BCUT2D eigenvalue weighted by Gasteiger charge is -2.32. The van der Waals surface area contributed by atoms with Crippen LogP contribution >= 0.6 is 0 Å². The highest BCUT2D eigenvalue weighted by atomic mass is 19.1. The molecule has 0 fully saturated rings. The summed E-state index contributed by atoms with van der Waals surface area (Å²) in [4.78, 5) is 16.2. The number of H-pyrrole nitrogens is 1. The molecule has 29 heavy (non-hydrogen) atoms. The van der Waals surface area contributed by atoms with Gasteiger partial charge in [-0.15, -0.1) is 10.2 Å². The molecule has 0 aliphatic heterocycles. The first-order chi connectivity index (χ1) is 14.2. The topological polar surface area (TPSA) is 107 Å². The molecule has 1 aliphatic rings. The summed E-state index contributed by atoms with van der Waals surface area (Å²) in [5.41, 5.74) is 6.54. The van der Waals surface area contributed by atoms with Crippen LogP contribution in [-0.2, 0) is 12.1 Å². The van der Waals surface area contributed by atoms with Crippen LogP contribution < -0.4 is 11.4 Å². The van der Waals surface area contributed by atoms with Crippen molar-refractivity contribution < 1.29 is 4.39 Å². The van der Waals surface area contributed by atoms with Crippen molar-refractivity contribution in [3.8, 4) is 0 Å². The van der Waals surface area contributed by atoms with Gasteiger partial charge in [-0.25, -0.2) is 13.9 Å². The third kappa shape index (κ3) is 3.36. The Balaban J connectivity index is 1.80. The molecule has 3 aromatic rings. The van der Waals surface area contributed by atoms with Crippen LogP contribution in [0.15, 0.2) is 77.9 Å². The number of nitrogens with zero attached hydrogens (tertiary/aromatic N) is 5. The molecule has 1 atom stereocenters. The number of nitrogens with two attached hydrogens (primary N) is 1. The first-order valence-corrected chi connectivity index (χ1v) is 9.11. The number of allylic oxidation sites excluding steroid dienone is 4. The molecule has 0 amide bonds. The minimum Gasteiger partial charge on any atom is -0.329 e. The lowest BCUT2D eigenvalue weighted by Crippen LogP contribution is -2.43. The second kappa shape index (κ2) is 7.80. The Bertz CT molecular complexity index is 1130. The maximum Gasteiger partial charge on any atom is 0.347 e. The third-order valence-electron chi connectivity index (χ3n) is 5.03. The summed E-state index contributed by atoms with van der Waals surface area (Å²) in [6.45, 7) is -0.0136. The highest BCUT2D eigenvalue weighted by molar-refractivity contribution is 5.70. The second-order valence-electron chi connectivity index (χ2n) is 6.77. The molecular weight excluding hydrogens is 373 g/mol. The summed E-state index contributed by atoms with van der Waals surface area (Å²) in [5.74, 6) is 0.511. The third-order valence-corrected chi connectivity index (χ3v) is 5.03. The van der Waals surface area contributed by atoms with Crippen molar-refractivity contribution in [1.82, 2.24) is 29.5 Å². The molecule has 0 bridgehead atoms. The van der Waals surface area contributed by atoms with E-state index in [4.69, 9.17) is 5.73 Å². The van der Waals surface area contributed by atoms with E-state index in [1.807, 2.05) is 48.6 Å². The molecule has 1 aliphatic carbocycles. The van der Waals surface area contributed by atoms with E-state index in [1.54, 1.807) is 0 Å². The van der Waals surface area contributed by atoms with E-state index < -0.39 is 11.2 Å². The van der Waals surface area contributed by atoms with Gasteiger partial charge in [-0.2, -0.15) is 5.10 Å². The predicted octanol–water partition coefficient (Wildman–Crippen LogP) is 1.76. The maximum atomic E-state index is 13.1. The number of halogens is 1. The molecular formula is C20H20FN7O. The van der Waals surface area contributed by atoms with Gasteiger partial charge in [0.25, 0.3) is 0 Å². The van der Waals surface area contributed by atoms with Crippen molar-refractivity contribution >= 4 is 5.57 Å². The number of rotatable bonds is 6. The molecule has 9 heteroatoms. The molecule has 148 valence electrons. The zero-order chi connectivity index (χ0) is 20.3. The van der Waals surface area contributed by atoms with Gasteiger partial charge in [-0.3, -0.25) is 4.57 Å². The van der Waals surface area contributed by atoms with Gasteiger partial charge < -0.3 is 10.7 Å². The highest BCUT2D eigenvalue weighted by Gasteiger charge is 2.39. The average molecular weight is 393 g/mol. The molecule has 2 aromatic heterocycles. The van der Waals surface area contributed by atoms with Gasteiger partial charge in [-0.1, -0.05) is 48.6 Å². The quantitative estimate of drug-likeness (QED) is 0.664. The van der Waals surface area contributed by atoms with Crippen LogP contribution in [0.5, 0.6) is 0 Å². The fourth-order valence-electron chi connectivity index (χ4n) is 3.50. The Morgan fingerprint density at radius 2 is 2.17 bits per heavy atom. The normalized spacial score (nSPS) is 19.4. The molecule has 0 saturated carbocycles. The van der Waals surface area contributed by atoms with Gasteiger partial charge in [-0.05, 0) is 16.7 Å². The van der Waals surface area contributed by atoms with E-state index in [0.29, 0.717) is 18.6 Å². The summed E-state index contributed by atoms with van der Waals surface area (Å²) in [7, 11) is 0. The number of aromatic nitrogens is 6. The monoisotopic (exact) mass is 393 g/mol. The van der Waals surface area contributed by atoms with Crippen LogP contribution in [-0.4, -0.2) is 36.1 Å². The van der Waals surface area contributed by atoms with E-state index in [-0.39, 0.29) is 18.7 Å².